The topological polar surface area (TPSA) is 86.7 Å². The van der Waals surface area contributed by atoms with Crippen molar-refractivity contribution < 1.29 is 18.3 Å². The van der Waals surface area contributed by atoms with E-state index in [1.165, 1.54) is 68.1 Å². The number of hydrogen-bond acceptors (Lipinski definition) is 5. The Balaban J connectivity index is 1.13. The van der Waals surface area contributed by atoms with Crippen molar-refractivity contribution in [2.75, 3.05) is 37.7 Å². The predicted molar refractivity (Wildman–Crippen MR) is 199 cm³/mol. The van der Waals surface area contributed by atoms with Crippen LogP contribution in [0, 0.1) is 57.2 Å². The van der Waals surface area contributed by atoms with Gasteiger partial charge in [-0.15, -0.1) is 0 Å². The highest BCUT2D eigenvalue weighted by molar-refractivity contribution is 7.91. The van der Waals surface area contributed by atoms with Crippen LogP contribution in [-0.4, -0.2) is 67.6 Å². The van der Waals surface area contributed by atoms with E-state index >= 15 is 0 Å². The molecule has 0 aromatic rings. The highest BCUT2D eigenvalue weighted by Gasteiger charge is 2.70. The molecule has 4 saturated carbocycles. The van der Waals surface area contributed by atoms with E-state index in [-0.39, 0.29) is 22.3 Å². The van der Waals surface area contributed by atoms with E-state index in [1.807, 2.05) is 0 Å². The second-order valence-corrected chi connectivity index (χ2v) is 21.6. The number of rotatable bonds is 7. The number of fused-ring (bicyclic) bond motifs is 7. The lowest BCUT2D eigenvalue weighted by atomic mass is 9.33. The summed E-state index contributed by atoms with van der Waals surface area (Å²) in [6.07, 6.45) is 18.6. The highest BCUT2D eigenvalue weighted by Crippen LogP contribution is 2.76. The Hall–Kier alpha value is -1.44. The molecule has 0 radical (unpaired) electrons. The van der Waals surface area contributed by atoms with Gasteiger partial charge in [0, 0.05) is 31.7 Å². The van der Waals surface area contributed by atoms with Crippen LogP contribution in [0.3, 0.4) is 0 Å². The molecule has 7 aliphatic rings. The minimum atomic E-state index is -2.86. The van der Waals surface area contributed by atoms with Crippen LogP contribution < -0.4 is 5.32 Å². The van der Waals surface area contributed by atoms with Gasteiger partial charge in [0.05, 0.1) is 17.4 Å². The van der Waals surface area contributed by atoms with Crippen LogP contribution in [0.2, 0.25) is 0 Å². The van der Waals surface area contributed by atoms with E-state index in [0.29, 0.717) is 71.4 Å². The van der Waals surface area contributed by atoms with E-state index in [9.17, 15) is 18.3 Å². The van der Waals surface area contributed by atoms with Gasteiger partial charge < -0.3 is 15.3 Å². The molecule has 1 saturated heterocycles. The fourth-order valence-corrected chi connectivity index (χ4v) is 15.6. The Labute approximate surface area is 297 Å². The number of nitrogens with zero attached hydrogens (tertiary/aromatic N) is 1. The maximum atomic E-state index is 12.0. The average Bonchev–Trinajstić information content (AvgIpc) is 3.42. The number of aliphatic carboxylic acids is 1. The van der Waals surface area contributed by atoms with Gasteiger partial charge >= 0.3 is 5.97 Å². The van der Waals surface area contributed by atoms with Gasteiger partial charge in [0.15, 0.2) is 9.84 Å². The molecular formula is C42H66N2O4S. The molecule has 0 aromatic heterocycles. The van der Waals surface area contributed by atoms with Crippen LogP contribution in [0.1, 0.15) is 119 Å². The molecule has 0 aromatic carbocycles. The van der Waals surface area contributed by atoms with Crippen molar-refractivity contribution in [2.24, 2.45) is 57.2 Å². The van der Waals surface area contributed by atoms with E-state index in [4.69, 9.17) is 0 Å². The van der Waals surface area contributed by atoms with Crippen molar-refractivity contribution in [2.45, 2.75) is 124 Å². The molecule has 1 heterocycles. The Morgan fingerprint density at radius 1 is 0.939 bits per heavy atom. The summed E-state index contributed by atoms with van der Waals surface area (Å²) < 4.78 is 24.0. The summed E-state index contributed by atoms with van der Waals surface area (Å²) in [5.74, 6) is 2.97. The number of allylic oxidation sites excluding steroid dienone is 5. The van der Waals surface area contributed by atoms with Crippen LogP contribution in [-0.2, 0) is 14.6 Å². The second kappa shape index (κ2) is 12.3. The molecule has 274 valence electrons. The van der Waals surface area contributed by atoms with E-state index in [0.717, 1.165) is 32.4 Å². The van der Waals surface area contributed by atoms with Gasteiger partial charge in [-0.1, -0.05) is 58.9 Å². The maximum absolute atomic E-state index is 12.0. The fraction of sp³-hybridized carbons (Fsp3) is 0.833. The number of carboxylic acid groups (broad SMARTS) is 1. The van der Waals surface area contributed by atoms with Gasteiger partial charge in [-0.3, -0.25) is 4.79 Å². The molecule has 2 N–H and O–H groups in total. The zero-order valence-corrected chi connectivity index (χ0v) is 32.4. The third kappa shape index (κ3) is 5.59. The molecule has 0 spiro atoms. The summed E-state index contributed by atoms with van der Waals surface area (Å²) in [6, 6.07) is 0. The third-order valence-corrected chi connectivity index (χ3v) is 18.7. The van der Waals surface area contributed by atoms with Crippen molar-refractivity contribution in [3.8, 4) is 0 Å². The molecular weight excluding hydrogens is 629 g/mol. The van der Waals surface area contributed by atoms with Crippen molar-refractivity contribution in [1.29, 1.82) is 0 Å². The van der Waals surface area contributed by atoms with Crippen molar-refractivity contribution in [1.82, 2.24) is 10.2 Å². The summed E-state index contributed by atoms with van der Waals surface area (Å²) in [7, 11) is -2.86. The highest BCUT2D eigenvalue weighted by atomic mass is 32.2. The number of carboxylic acids is 1. The molecule has 6 aliphatic carbocycles. The quantitative estimate of drug-likeness (QED) is 0.262. The SMILES string of the molecule is C=C(C)[C@@H]1CC[C@]2(NCCN3CCS(=O)(=O)CC3)CC[C@]3(C)[C@H](CC[C@@H]4[C@@]5(C)CC=C(C6=CC[C@@H](C(=O)O)CC6)C(C)(C)[C@@H]5CC[C@]43C)[C@@H]12. The molecule has 49 heavy (non-hydrogen) atoms. The lowest BCUT2D eigenvalue weighted by Gasteiger charge is -2.72. The Kier molecular flexibility index (Phi) is 9.04. The molecule has 5 fully saturated rings. The first-order valence-corrected chi connectivity index (χ1v) is 21.8. The van der Waals surface area contributed by atoms with E-state index < -0.39 is 15.8 Å². The van der Waals surface area contributed by atoms with Gasteiger partial charge in [-0.05, 0) is 146 Å². The zero-order chi connectivity index (χ0) is 35.2. The van der Waals surface area contributed by atoms with Crippen LogP contribution in [0.25, 0.3) is 0 Å². The second-order valence-electron chi connectivity index (χ2n) is 19.3. The van der Waals surface area contributed by atoms with Crippen LogP contribution in [0.4, 0.5) is 0 Å². The first kappa shape index (κ1) is 35.9. The number of sulfone groups is 1. The predicted octanol–water partition coefficient (Wildman–Crippen LogP) is 8.06. The number of hydrogen-bond donors (Lipinski definition) is 2. The Morgan fingerprint density at radius 2 is 1.67 bits per heavy atom. The summed E-state index contributed by atoms with van der Waals surface area (Å²) in [6.45, 7) is 23.2. The number of carbonyl (C=O) groups is 1. The van der Waals surface area contributed by atoms with E-state index in [2.05, 4.69) is 70.5 Å². The van der Waals surface area contributed by atoms with Crippen molar-refractivity contribution in [3.05, 3.63) is 35.5 Å². The minimum Gasteiger partial charge on any atom is -0.481 e. The minimum absolute atomic E-state index is 0.0919. The normalized spacial score (nSPS) is 45.9. The molecule has 0 amide bonds. The Bertz CT molecular complexity index is 1520. The molecule has 7 rings (SSSR count). The molecule has 7 heteroatoms. The Morgan fingerprint density at radius 3 is 2.33 bits per heavy atom. The first-order chi connectivity index (χ1) is 23.0. The van der Waals surface area contributed by atoms with Gasteiger partial charge in [-0.25, -0.2) is 8.42 Å². The van der Waals surface area contributed by atoms with Crippen molar-refractivity contribution >= 4 is 15.8 Å². The van der Waals surface area contributed by atoms with Gasteiger partial charge in [0.1, 0.15) is 0 Å². The molecule has 10 atom stereocenters. The van der Waals surface area contributed by atoms with Crippen LogP contribution >= 0.6 is 0 Å². The summed E-state index contributed by atoms with van der Waals surface area (Å²) in [4.78, 5) is 14.0. The van der Waals surface area contributed by atoms with Crippen molar-refractivity contribution in [3.63, 3.8) is 0 Å². The zero-order valence-electron chi connectivity index (χ0n) is 31.6. The monoisotopic (exact) mass is 694 g/mol. The molecule has 6 nitrogen and oxygen atoms in total. The van der Waals surface area contributed by atoms with Gasteiger partial charge in [-0.2, -0.15) is 0 Å². The van der Waals surface area contributed by atoms with Gasteiger partial charge in [0.2, 0.25) is 0 Å². The average molecular weight is 695 g/mol. The van der Waals surface area contributed by atoms with Crippen LogP contribution in [0.15, 0.2) is 35.5 Å². The molecule has 0 bridgehead atoms. The summed E-state index contributed by atoms with van der Waals surface area (Å²) in [5.41, 5.74) is 5.46. The lowest BCUT2D eigenvalue weighted by Crippen LogP contribution is -2.68. The molecule has 0 unspecified atom stereocenters. The summed E-state index contributed by atoms with van der Waals surface area (Å²) >= 11 is 0. The largest absolute Gasteiger partial charge is 0.481 e. The standard InChI is InChI=1S/C42H66N2O4S/c1-28(2)31-14-19-42(43-22-23-44-24-26-49(47,48)27-25-44)21-20-40(6)33(36(31)42)12-13-35-39(5)17-15-32(29-8-10-30(11-9-29)37(45)46)38(3,4)34(39)16-18-41(35,40)7/h8,15,30-31,33-36,43H,1,9-14,16-27H2,2-7H3,(H,45,46)/t30-,31+,33-,34+,35-,36-,39+,40-,41-,42+/m1/s1. The lowest BCUT2D eigenvalue weighted by molar-refractivity contribution is -0.221. The summed E-state index contributed by atoms with van der Waals surface area (Å²) in [5, 5.41) is 13.8. The smallest absolute Gasteiger partial charge is 0.306 e. The van der Waals surface area contributed by atoms with E-state index in [1.54, 1.807) is 0 Å². The van der Waals surface area contributed by atoms with Crippen LogP contribution in [0.5, 0.6) is 0 Å². The van der Waals surface area contributed by atoms with Gasteiger partial charge in [0.25, 0.3) is 0 Å². The number of nitrogens with one attached hydrogen (secondary N) is 1. The first-order valence-electron chi connectivity index (χ1n) is 19.9. The maximum Gasteiger partial charge on any atom is 0.306 e. The fourth-order valence-electron chi connectivity index (χ4n) is 14.3. The molecule has 1 aliphatic heterocycles. The third-order valence-electron chi connectivity index (χ3n) is 17.1.